The van der Waals surface area contributed by atoms with Gasteiger partial charge in [0.15, 0.2) is 10.3 Å². The molecule has 1 saturated heterocycles. The monoisotopic (exact) mass is 606 g/mol. The molecule has 43 heavy (non-hydrogen) atoms. The Morgan fingerprint density at radius 3 is 1.70 bits per heavy atom. The number of nitrogens with zero attached hydrogens (tertiary/aromatic N) is 5. The second kappa shape index (κ2) is 13.1. The van der Waals surface area contributed by atoms with Crippen molar-refractivity contribution in [3.05, 3.63) is 117 Å². The largest absolute Gasteiger partial charge is 0.332 e. The van der Waals surface area contributed by atoms with E-state index in [2.05, 4.69) is 107 Å². The predicted octanol–water partition coefficient (Wildman–Crippen LogP) is 7.61. The second-order valence-electron chi connectivity index (χ2n) is 11.5. The van der Waals surface area contributed by atoms with E-state index < -0.39 is 0 Å². The molecule has 2 N–H and O–H groups in total. The van der Waals surface area contributed by atoms with Crippen molar-refractivity contribution in [2.45, 2.75) is 33.5 Å². The van der Waals surface area contributed by atoms with Gasteiger partial charge in [0.05, 0.1) is 24.7 Å². The van der Waals surface area contributed by atoms with Crippen molar-refractivity contribution in [3.8, 4) is 6.07 Å². The minimum Gasteiger partial charge on any atom is -0.332 e. The molecule has 7 nitrogen and oxygen atoms in total. The Hall–Kier alpha value is -4.07. The van der Waals surface area contributed by atoms with Crippen molar-refractivity contribution in [2.75, 3.05) is 36.8 Å². The molecular weight excluding hydrogens is 571 g/mol. The van der Waals surface area contributed by atoms with Gasteiger partial charge in [-0.15, -0.1) is 22.7 Å². The summed E-state index contributed by atoms with van der Waals surface area (Å²) in [6.07, 6.45) is 0. The van der Waals surface area contributed by atoms with E-state index in [0.29, 0.717) is 5.56 Å². The number of piperazine rings is 1. The first-order valence-corrected chi connectivity index (χ1v) is 16.3. The quantitative estimate of drug-likeness (QED) is 0.159. The van der Waals surface area contributed by atoms with Crippen LogP contribution in [-0.2, 0) is 19.6 Å². The van der Waals surface area contributed by atoms with Gasteiger partial charge < -0.3 is 15.1 Å². The zero-order valence-electron chi connectivity index (χ0n) is 24.6. The van der Waals surface area contributed by atoms with Crippen LogP contribution in [0.15, 0.2) is 83.6 Å². The minimum atomic E-state index is 0.706. The molecule has 5 aromatic rings. The van der Waals surface area contributed by atoms with Crippen molar-refractivity contribution in [1.82, 2.24) is 14.9 Å². The maximum atomic E-state index is 9.14. The van der Waals surface area contributed by atoms with E-state index in [1.54, 1.807) is 22.7 Å². The molecule has 1 aliphatic heterocycles. The number of aromatic nitrogens is 2. The van der Waals surface area contributed by atoms with E-state index in [1.807, 2.05) is 12.1 Å². The average molecular weight is 607 g/mol. The first-order chi connectivity index (χ1) is 20.9. The van der Waals surface area contributed by atoms with Gasteiger partial charge >= 0.3 is 0 Å². The maximum absolute atomic E-state index is 9.14. The van der Waals surface area contributed by atoms with Gasteiger partial charge in [0.1, 0.15) is 24.5 Å². The van der Waals surface area contributed by atoms with Crippen molar-refractivity contribution >= 4 is 44.3 Å². The SMILES string of the molecule is Cc1ccc(Nc2nc(C[N+]3(Cc4csc(Nc5ccc(C)cc5)n4)CCN(Cc4ccc(C#N)cc4)CC3)cs2)cc1. The first-order valence-electron chi connectivity index (χ1n) is 14.6. The third-order valence-electron chi connectivity index (χ3n) is 7.97. The van der Waals surface area contributed by atoms with Gasteiger partial charge in [-0.1, -0.05) is 47.5 Å². The summed E-state index contributed by atoms with van der Waals surface area (Å²) < 4.78 is 0.922. The molecule has 3 aromatic carbocycles. The third-order valence-corrected chi connectivity index (χ3v) is 9.59. The molecule has 0 aliphatic carbocycles. The number of anilines is 4. The summed E-state index contributed by atoms with van der Waals surface area (Å²) in [5, 5.41) is 22.3. The smallest absolute Gasteiger partial charge is 0.187 e. The number of aryl methyl sites for hydroxylation is 2. The Morgan fingerprint density at radius 2 is 1.23 bits per heavy atom. The van der Waals surface area contributed by atoms with E-state index >= 15 is 0 Å². The lowest BCUT2D eigenvalue weighted by Gasteiger charge is -2.44. The van der Waals surface area contributed by atoms with Crippen molar-refractivity contribution in [2.24, 2.45) is 0 Å². The molecule has 0 amide bonds. The van der Waals surface area contributed by atoms with Gasteiger partial charge in [-0.05, 0) is 55.8 Å². The Kier molecular flexibility index (Phi) is 8.82. The fraction of sp³-hybridized carbons (Fsp3) is 0.265. The molecule has 6 rings (SSSR count). The summed E-state index contributed by atoms with van der Waals surface area (Å²) in [5.41, 5.74) is 8.80. The predicted molar refractivity (Wildman–Crippen MR) is 177 cm³/mol. The molecule has 2 aromatic heterocycles. The van der Waals surface area contributed by atoms with Gasteiger partial charge in [0, 0.05) is 41.8 Å². The molecule has 0 spiro atoms. The van der Waals surface area contributed by atoms with Gasteiger partial charge in [0.2, 0.25) is 0 Å². The van der Waals surface area contributed by atoms with Crippen molar-refractivity contribution in [3.63, 3.8) is 0 Å². The standard InChI is InChI=1S/C34H36N7S2/c1-25-3-11-29(12-4-25)36-33-38-31(23-42-33)21-41(17-15-40(16-18-41)20-28-9-7-27(19-35)8-10-28)22-32-24-43-34(39-32)37-30-13-5-26(2)6-14-30/h3-14,23-24H,15-18,20-22H2,1-2H3,(H,36,38)(H,37,39)/q+1. The molecule has 218 valence electrons. The third kappa shape index (κ3) is 7.66. The van der Waals surface area contributed by atoms with Crippen LogP contribution < -0.4 is 10.6 Å². The highest BCUT2D eigenvalue weighted by molar-refractivity contribution is 7.14. The molecule has 0 radical (unpaired) electrons. The number of hydrogen-bond acceptors (Lipinski definition) is 8. The average Bonchev–Trinajstić information content (AvgIpc) is 3.65. The first kappa shape index (κ1) is 29.0. The van der Waals surface area contributed by atoms with Gasteiger partial charge in [-0.2, -0.15) is 5.26 Å². The number of nitriles is 1. The van der Waals surface area contributed by atoms with Crippen molar-refractivity contribution in [1.29, 1.82) is 5.26 Å². The molecule has 3 heterocycles. The van der Waals surface area contributed by atoms with Crippen LogP contribution in [0.5, 0.6) is 0 Å². The highest BCUT2D eigenvalue weighted by atomic mass is 32.1. The van der Waals surface area contributed by atoms with Crippen LogP contribution >= 0.6 is 22.7 Å². The molecule has 0 bridgehead atoms. The molecule has 1 fully saturated rings. The number of quaternary nitrogens is 1. The van der Waals surface area contributed by atoms with Crippen LogP contribution in [0.25, 0.3) is 0 Å². The van der Waals surface area contributed by atoms with Gasteiger partial charge in [-0.3, -0.25) is 4.90 Å². The highest BCUT2D eigenvalue weighted by Crippen LogP contribution is 2.29. The van der Waals surface area contributed by atoms with E-state index in [9.17, 15) is 0 Å². The van der Waals surface area contributed by atoms with Crippen LogP contribution in [0.3, 0.4) is 0 Å². The Labute approximate surface area is 261 Å². The lowest BCUT2D eigenvalue weighted by Crippen LogP contribution is -2.58. The summed E-state index contributed by atoms with van der Waals surface area (Å²) in [5.74, 6) is 0. The summed E-state index contributed by atoms with van der Waals surface area (Å²) >= 11 is 3.33. The van der Waals surface area contributed by atoms with E-state index in [-0.39, 0.29) is 0 Å². The molecule has 0 atom stereocenters. The van der Waals surface area contributed by atoms with Crippen LogP contribution in [0.4, 0.5) is 21.6 Å². The summed E-state index contributed by atoms with van der Waals surface area (Å²) in [6, 6.07) is 27.0. The topological polar surface area (TPSA) is 76.9 Å². The molecule has 9 heteroatoms. The van der Waals surface area contributed by atoms with E-state index in [0.717, 1.165) is 83.3 Å². The van der Waals surface area contributed by atoms with Crippen LogP contribution in [-0.4, -0.2) is 45.5 Å². The van der Waals surface area contributed by atoms with E-state index in [1.165, 1.54) is 16.7 Å². The summed E-state index contributed by atoms with van der Waals surface area (Å²) in [7, 11) is 0. The number of rotatable bonds is 10. The Morgan fingerprint density at radius 1 is 0.744 bits per heavy atom. The molecular formula is C34H36N7S2+. The molecule has 1 aliphatic rings. The summed E-state index contributed by atoms with van der Waals surface area (Å²) in [4.78, 5) is 12.5. The highest BCUT2D eigenvalue weighted by Gasteiger charge is 2.35. The zero-order valence-corrected chi connectivity index (χ0v) is 26.2. The fourth-order valence-electron chi connectivity index (χ4n) is 5.49. The number of thiazole rings is 2. The van der Waals surface area contributed by atoms with Crippen LogP contribution in [0, 0.1) is 25.2 Å². The van der Waals surface area contributed by atoms with Crippen molar-refractivity contribution < 1.29 is 4.48 Å². The number of benzene rings is 3. The fourth-order valence-corrected chi connectivity index (χ4v) is 6.93. The van der Waals surface area contributed by atoms with Gasteiger partial charge in [-0.25, -0.2) is 9.97 Å². The minimum absolute atomic E-state index is 0.706. The molecule has 0 unspecified atom stereocenters. The zero-order chi connectivity index (χ0) is 29.6. The Bertz CT molecular complexity index is 1580. The second-order valence-corrected chi connectivity index (χ2v) is 13.2. The lowest BCUT2D eigenvalue weighted by atomic mass is 10.1. The van der Waals surface area contributed by atoms with Gasteiger partial charge in [0.25, 0.3) is 0 Å². The Balaban J connectivity index is 1.16. The summed E-state index contributed by atoms with van der Waals surface area (Å²) in [6.45, 7) is 10.9. The van der Waals surface area contributed by atoms with Crippen LogP contribution in [0.2, 0.25) is 0 Å². The maximum Gasteiger partial charge on any atom is 0.187 e. The number of nitrogens with one attached hydrogen (secondary N) is 2. The number of hydrogen-bond donors (Lipinski definition) is 2. The van der Waals surface area contributed by atoms with Crippen LogP contribution in [0.1, 0.15) is 33.6 Å². The molecule has 0 saturated carbocycles. The lowest BCUT2D eigenvalue weighted by molar-refractivity contribution is -0.957. The normalized spacial score (nSPS) is 14.7. The van der Waals surface area contributed by atoms with E-state index in [4.69, 9.17) is 15.2 Å².